The van der Waals surface area contributed by atoms with E-state index in [-0.39, 0.29) is 5.13 Å². The van der Waals surface area contributed by atoms with E-state index in [4.69, 9.17) is 5.73 Å². The van der Waals surface area contributed by atoms with Crippen LogP contribution in [-0.4, -0.2) is 20.2 Å². The Morgan fingerprint density at radius 3 is 2.65 bits per heavy atom. The van der Waals surface area contributed by atoms with E-state index in [0.29, 0.717) is 5.69 Å². The Labute approximate surface area is 180 Å². The maximum Gasteiger partial charge on any atom is 0.176 e. The number of nitrogen functional groups attached to an aromatic ring is 1. The summed E-state index contributed by atoms with van der Waals surface area (Å²) in [6, 6.07) is 19.4. The molecule has 31 heavy (non-hydrogen) atoms. The van der Waals surface area contributed by atoms with E-state index in [1.54, 1.807) is 12.4 Å². The zero-order chi connectivity index (χ0) is 20.9. The van der Waals surface area contributed by atoms with Crippen LogP contribution in [0.3, 0.4) is 0 Å². The topological polar surface area (TPSA) is 83.4 Å². The van der Waals surface area contributed by atoms with Gasteiger partial charge in [0, 0.05) is 44.7 Å². The highest BCUT2D eigenvalue weighted by Crippen LogP contribution is 2.37. The second-order valence-corrected chi connectivity index (χ2v) is 8.43. The summed E-state index contributed by atoms with van der Waals surface area (Å²) in [6.45, 7) is 0. The van der Waals surface area contributed by atoms with Gasteiger partial charge in [-0.15, -0.1) is 11.3 Å². The van der Waals surface area contributed by atoms with Gasteiger partial charge in [-0.25, -0.2) is 0 Å². The molecule has 150 valence electrons. The van der Waals surface area contributed by atoms with Gasteiger partial charge in [0.05, 0.1) is 16.9 Å². The Bertz CT molecular complexity index is 1580. The molecular weight excluding hydrogens is 409 g/mol. The van der Waals surface area contributed by atoms with Crippen molar-refractivity contribution in [3.05, 3.63) is 78.2 Å². The molecule has 0 unspecified atom stereocenters. The van der Waals surface area contributed by atoms with E-state index in [0.717, 1.165) is 66.1 Å². The van der Waals surface area contributed by atoms with Gasteiger partial charge in [0.25, 0.3) is 0 Å². The van der Waals surface area contributed by atoms with Gasteiger partial charge in [0.1, 0.15) is 5.69 Å². The fourth-order valence-corrected chi connectivity index (χ4v) is 4.74. The van der Waals surface area contributed by atoms with E-state index < -0.39 is 0 Å². The number of nitrogens with zero attached hydrogens (tertiary/aromatic N) is 2. The highest BCUT2D eigenvalue weighted by atomic mass is 32.1. The van der Waals surface area contributed by atoms with Crippen LogP contribution in [0, 0.1) is 5.13 Å². The highest BCUT2D eigenvalue weighted by molar-refractivity contribution is 7.14. The number of anilines is 1. The van der Waals surface area contributed by atoms with E-state index in [1.165, 1.54) is 6.07 Å². The van der Waals surface area contributed by atoms with Crippen LogP contribution in [0.4, 0.5) is 10.1 Å². The van der Waals surface area contributed by atoms with Crippen molar-refractivity contribution >= 4 is 38.8 Å². The molecule has 0 spiro atoms. The number of thiophene rings is 1. The molecule has 6 aromatic rings. The Kier molecular flexibility index (Phi) is 3.91. The van der Waals surface area contributed by atoms with Gasteiger partial charge in [0.2, 0.25) is 0 Å². The standard InChI is InChI=1S/C24H16FN5S/c25-23-7-6-22(31-23)16-2-1-3-19-17(16)10-21(28-19)24-18-9-13(4-5-20(18)29-30-24)14-8-15(26)12-27-11-14/h1-12,28H,26H2,(H,29,30). The van der Waals surface area contributed by atoms with Gasteiger partial charge in [-0.05, 0) is 48.0 Å². The number of benzene rings is 2. The number of aromatic nitrogens is 4. The van der Waals surface area contributed by atoms with E-state index in [1.807, 2.05) is 42.5 Å². The summed E-state index contributed by atoms with van der Waals surface area (Å²) in [6.07, 6.45) is 3.43. The van der Waals surface area contributed by atoms with Crippen LogP contribution < -0.4 is 5.73 Å². The molecule has 0 atom stereocenters. The summed E-state index contributed by atoms with van der Waals surface area (Å²) >= 11 is 1.15. The monoisotopic (exact) mass is 425 g/mol. The normalized spacial score (nSPS) is 11.5. The number of H-pyrrole nitrogens is 2. The first-order valence-electron chi connectivity index (χ1n) is 9.72. The maximum atomic E-state index is 13.6. The fourth-order valence-electron chi connectivity index (χ4n) is 3.97. The Balaban J connectivity index is 1.51. The Morgan fingerprint density at radius 1 is 0.871 bits per heavy atom. The van der Waals surface area contributed by atoms with Gasteiger partial charge in [-0.2, -0.15) is 9.49 Å². The van der Waals surface area contributed by atoms with Crippen molar-refractivity contribution in [3.63, 3.8) is 0 Å². The molecule has 6 rings (SSSR count). The Hall–Kier alpha value is -3.97. The number of fused-ring (bicyclic) bond motifs is 2. The molecule has 0 bridgehead atoms. The first-order valence-corrected chi connectivity index (χ1v) is 10.5. The molecule has 4 N–H and O–H groups in total. The van der Waals surface area contributed by atoms with Crippen LogP contribution in [0.15, 0.2) is 73.1 Å². The average Bonchev–Trinajstić information content (AvgIpc) is 3.50. The zero-order valence-electron chi connectivity index (χ0n) is 16.2. The van der Waals surface area contributed by atoms with E-state index in [9.17, 15) is 4.39 Å². The lowest BCUT2D eigenvalue weighted by molar-refractivity contribution is 0.657. The van der Waals surface area contributed by atoms with Crippen molar-refractivity contribution in [2.24, 2.45) is 0 Å². The minimum atomic E-state index is -0.190. The van der Waals surface area contributed by atoms with Crippen LogP contribution in [0.1, 0.15) is 0 Å². The lowest BCUT2D eigenvalue weighted by atomic mass is 10.0. The molecular formula is C24H16FN5S. The first kappa shape index (κ1) is 17.9. The van der Waals surface area contributed by atoms with Crippen LogP contribution in [0.25, 0.3) is 54.8 Å². The van der Waals surface area contributed by atoms with Gasteiger partial charge in [-0.1, -0.05) is 18.2 Å². The lowest BCUT2D eigenvalue weighted by Gasteiger charge is -2.03. The maximum absolute atomic E-state index is 13.6. The molecule has 0 fully saturated rings. The predicted octanol–water partition coefficient (Wildman–Crippen LogP) is 6.22. The molecule has 0 saturated carbocycles. The van der Waals surface area contributed by atoms with Crippen molar-refractivity contribution in [1.29, 1.82) is 0 Å². The third kappa shape index (κ3) is 2.98. The van der Waals surface area contributed by atoms with Gasteiger partial charge in [0.15, 0.2) is 5.13 Å². The molecule has 5 nitrogen and oxygen atoms in total. The molecule has 7 heteroatoms. The van der Waals surface area contributed by atoms with Crippen molar-refractivity contribution in [1.82, 2.24) is 20.2 Å². The summed E-state index contributed by atoms with van der Waals surface area (Å²) in [5.41, 5.74) is 13.1. The average molecular weight is 425 g/mol. The number of halogens is 1. The summed E-state index contributed by atoms with van der Waals surface area (Å²) in [4.78, 5) is 8.57. The number of hydrogen-bond acceptors (Lipinski definition) is 4. The van der Waals surface area contributed by atoms with Gasteiger partial charge >= 0.3 is 0 Å². The van der Waals surface area contributed by atoms with Crippen LogP contribution in [0.2, 0.25) is 0 Å². The molecule has 0 aliphatic carbocycles. The first-order chi connectivity index (χ1) is 15.2. The van der Waals surface area contributed by atoms with E-state index in [2.05, 4.69) is 32.3 Å². The van der Waals surface area contributed by atoms with Gasteiger partial charge in [-0.3, -0.25) is 10.1 Å². The third-order valence-corrected chi connectivity index (χ3v) is 6.32. The van der Waals surface area contributed by atoms with Crippen molar-refractivity contribution < 1.29 is 4.39 Å². The third-order valence-electron chi connectivity index (χ3n) is 5.41. The number of hydrogen-bond donors (Lipinski definition) is 3. The quantitative estimate of drug-likeness (QED) is 0.315. The minimum Gasteiger partial charge on any atom is -0.397 e. The van der Waals surface area contributed by atoms with E-state index >= 15 is 0 Å². The molecule has 0 amide bonds. The summed E-state index contributed by atoms with van der Waals surface area (Å²) in [5.74, 6) is 0. The lowest BCUT2D eigenvalue weighted by Crippen LogP contribution is -1.87. The van der Waals surface area contributed by atoms with Crippen LogP contribution in [-0.2, 0) is 0 Å². The van der Waals surface area contributed by atoms with Crippen molar-refractivity contribution in [3.8, 4) is 33.0 Å². The SMILES string of the molecule is Nc1cncc(-c2ccc3[nH]nc(-c4cc5c(-c6ccc(F)s6)cccc5[nH]4)c3c2)c1. The molecule has 4 aromatic heterocycles. The summed E-state index contributed by atoms with van der Waals surface area (Å²) in [5, 5.41) is 9.52. The van der Waals surface area contributed by atoms with Crippen LogP contribution in [0.5, 0.6) is 0 Å². The number of aromatic amines is 2. The smallest absolute Gasteiger partial charge is 0.176 e. The molecule has 0 aliphatic heterocycles. The number of rotatable bonds is 3. The highest BCUT2D eigenvalue weighted by Gasteiger charge is 2.15. The molecule has 2 aromatic carbocycles. The molecule has 0 saturated heterocycles. The fraction of sp³-hybridized carbons (Fsp3) is 0. The van der Waals surface area contributed by atoms with Crippen molar-refractivity contribution in [2.45, 2.75) is 0 Å². The molecule has 0 radical (unpaired) electrons. The predicted molar refractivity (Wildman–Crippen MR) is 124 cm³/mol. The number of nitrogens with one attached hydrogen (secondary N) is 2. The minimum absolute atomic E-state index is 0.190. The second-order valence-electron chi connectivity index (χ2n) is 7.39. The van der Waals surface area contributed by atoms with Crippen LogP contribution >= 0.6 is 11.3 Å². The molecule has 0 aliphatic rings. The van der Waals surface area contributed by atoms with Gasteiger partial charge < -0.3 is 10.7 Å². The van der Waals surface area contributed by atoms with Crippen molar-refractivity contribution in [2.75, 3.05) is 5.73 Å². The Morgan fingerprint density at radius 2 is 1.81 bits per heavy atom. The number of pyridine rings is 1. The summed E-state index contributed by atoms with van der Waals surface area (Å²) < 4.78 is 13.6. The largest absolute Gasteiger partial charge is 0.397 e. The summed E-state index contributed by atoms with van der Waals surface area (Å²) in [7, 11) is 0. The zero-order valence-corrected chi connectivity index (χ0v) is 17.0. The molecule has 4 heterocycles. The second kappa shape index (κ2) is 6.78. The number of nitrogens with two attached hydrogens (primary N) is 1.